The van der Waals surface area contributed by atoms with Crippen molar-refractivity contribution in [3.05, 3.63) is 67.5 Å². The van der Waals surface area contributed by atoms with E-state index in [4.69, 9.17) is 11.6 Å². The third kappa shape index (κ3) is 6.51. The van der Waals surface area contributed by atoms with Crippen LogP contribution >= 0.6 is 46.0 Å². The molecule has 1 aromatic heterocycles. The van der Waals surface area contributed by atoms with Gasteiger partial charge in [-0.2, -0.15) is 0 Å². The van der Waals surface area contributed by atoms with E-state index in [1.165, 1.54) is 11.8 Å². The molecule has 7 nitrogen and oxygen atoms in total. The van der Waals surface area contributed by atoms with Gasteiger partial charge in [-0.15, -0.1) is 10.2 Å². The van der Waals surface area contributed by atoms with Crippen LogP contribution in [0.2, 0.25) is 5.02 Å². The van der Waals surface area contributed by atoms with Gasteiger partial charge in [0.2, 0.25) is 5.91 Å². The maximum atomic E-state index is 12.8. The standard InChI is InChI=1S/C24H27ClIN5O2S/c1-13(2)20(28-23(33)16-6-8-17(25)9-7-16)22-29-30-24(31(22)5)34-12-19(32)27-21-14(3)10-18(26)11-15(21)4/h6-11,13,20H,12H2,1-5H3,(H,27,32)(H,28,33)/t20-/m0/s1. The normalized spacial score (nSPS) is 12.0. The van der Waals surface area contributed by atoms with Crippen LogP contribution < -0.4 is 10.6 Å². The van der Waals surface area contributed by atoms with E-state index < -0.39 is 0 Å². The lowest BCUT2D eigenvalue weighted by atomic mass is 10.0. The second-order valence-corrected chi connectivity index (χ2v) is 11.0. The highest BCUT2D eigenvalue weighted by atomic mass is 127. The van der Waals surface area contributed by atoms with Crippen LogP contribution in [0.15, 0.2) is 41.6 Å². The minimum Gasteiger partial charge on any atom is -0.342 e. The third-order valence-electron chi connectivity index (χ3n) is 5.30. The lowest BCUT2D eigenvalue weighted by Crippen LogP contribution is -2.33. The number of thioether (sulfide) groups is 1. The summed E-state index contributed by atoms with van der Waals surface area (Å²) in [6.45, 7) is 7.98. The van der Waals surface area contributed by atoms with Crippen molar-refractivity contribution in [3.63, 3.8) is 0 Å². The predicted molar refractivity (Wildman–Crippen MR) is 145 cm³/mol. The second-order valence-electron chi connectivity index (χ2n) is 8.35. The topological polar surface area (TPSA) is 88.9 Å². The van der Waals surface area contributed by atoms with Crippen LogP contribution in [0.25, 0.3) is 0 Å². The molecule has 34 heavy (non-hydrogen) atoms. The maximum Gasteiger partial charge on any atom is 0.251 e. The summed E-state index contributed by atoms with van der Waals surface area (Å²) in [6.07, 6.45) is 0. The first-order valence-electron chi connectivity index (χ1n) is 10.7. The van der Waals surface area contributed by atoms with E-state index in [9.17, 15) is 9.59 Å². The van der Waals surface area contributed by atoms with Crippen molar-refractivity contribution in [3.8, 4) is 0 Å². The fraction of sp³-hybridized carbons (Fsp3) is 0.333. The number of nitrogens with zero attached hydrogens (tertiary/aromatic N) is 3. The van der Waals surface area contributed by atoms with Gasteiger partial charge in [-0.3, -0.25) is 9.59 Å². The zero-order chi connectivity index (χ0) is 25.0. The number of rotatable bonds is 8. The van der Waals surface area contributed by atoms with E-state index in [0.29, 0.717) is 21.6 Å². The first-order valence-corrected chi connectivity index (χ1v) is 13.2. The molecule has 10 heteroatoms. The Kier molecular flexibility index (Phi) is 9.00. The van der Waals surface area contributed by atoms with E-state index >= 15 is 0 Å². The molecule has 0 bridgehead atoms. The van der Waals surface area contributed by atoms with Gasteiger partial charge in [0, 0.05) is 26.9 Å². The molecule has 180 valence electrons. The highest BCUT2D eigenvalue weighted by molar-refractivity contribution is 14.1. The molecule has 1 heterocycles. The van der Waals surface area contributed by atoms with Crippen molar-refractivity contribution in [2.45, 2.75) is 38.9 Å². The summed E-state index contributed by atoms with van der Waals surface area (Å²) in [6, 6.07) is 10.5. The molecule has 3 rings (SSSR count). The summed E-state index contributed by atoms with van der Waals surface area (Å²) in [7, 11) is 1.84. The Labute approximate surface area is 222 Å². The van der Waals surface area contributed by atoms with Gasteiger partial charge in [-0.1, -0.05) is 37.2 Å². The van der Waals surface area contributed by atoms with Gasteiger partial charge in [0.25, 0.3) is 5.91 Å². The smallest absolute Gasteiger partial charge is 0.251 e. The number of aromatic nitrogens is 3. The van der Waals surface area contributed by atoms with E-state index in [2.05, 4.69) is 43.4 Å². The summed E-state index contributed by atoms with van der Waals surface area (Å²) in [5.74, 6) is 0.575. The van der Waals surface area contributed by atoms with E-state index in [-0.39, 0.29) is 29.5 Å². The van der Waals surface area contributed by atoms with Crippen molar-refractivity contribution in [1.29, 1.82) is 0 Å². The third-order valence-corrected chi connectivity index (χ3v) is 7.20. The molecule has 3 aromatic rings. The SMILES string of the molecule is Cc1cc(I)cc(C)c1NC(=O)CSc1nnc([C@@H](NC(=O)c2ccc(Cl)cc2)C(C)C)n1C. The van der Waals surface area contributed by atoms with Crippen molar-refractivity contribution in [2.75, 3.05) is 11.1 Å². The van der Waals surface area contributed by atoms with Crippen LogP contribution in [0.3, 0.4) is 0 Å². The van der Waals surface area contributed by atoms with Crippen LogP contribution in [0.4, 0.5) is 5.69 Å². The Bertz CT molecular complexity index is 1170. The monoisotopic (exact) mass is 611 g/mol. The van der Waals surface area contributed by atoms with Crippen LogP contribution in [0.1, 0.15) is 47.2 Å². The molecule has 2 N–H and O–H groups in total. The largest absolute Gasteiger partial charge is 0.342 e. The Morgan fingerprint density at radius 1 is 1.12 bits per heavy atom. The van der Waals surface area contributed by atoms with E-state index in [0.717, 1.165) is 20.4 Å². The van der Waals surface area contributed by atoms with Gasteiger partial charge in [-0.25, -0.2) is 0 Å². The van der Waals surface area contributed by atoms with Crippen molar-refractivity contribution in [1.82, 2.24) is 20.1 Å². The average Bonchev–Trinajstić information content (AvgIpc) is 3.13. The lowest BCUT2D eigenvalue weighted by molar-refractivity contribution is -0.113. The first-order chi connectivity index (χ1) is 16.1. The molecule has 2 aromatic carbocycles. The summed E-state index contributed by atoms with van der Waals surface area (Å²) in [5.41, 5.74) is 3.42. The minimum absolute atomic E-state index is 0.0760. The summed E-state index contributed by atoms with van der Waals surface area (Å²) in [5, 5.41) is 15.8. The van der Waals surface area contributed by atoms with Gasteiger partial charge >= 0.3 is 0 Å². The first kappa shape index (κ1) is 26.5. The summed E-state index contributed by atoms with van der Waals surface area (Å²) < 4.78 is 2.96. The number of hydrogen-bond acceptors (Lipinski definition) is 5. The van der Waals surface area contributed by atoms with Crippen molar-refractivity contribution >= 4 is 63.5 Å². The number of aryl methyl sites for hydroxylation is 2. The lowest BCUT2D eigenvalue weighted by Gasteiger charge is -2.21. The Morgan fingerprint density at radius 2 is 1.74 bits per heavy atom. The van der Waals surface area contributed by atoms with Gasteiger partial charge in [0.1, 0.15) is 0 Å². The number of carbonyl (C=O) groups is 2. The Balaban J connectivity index is 1.68. The molecule has 0 aliphatic carbocycles. The molecule has 0 radical (unpaired) electrons. The number of amides is 2. The van der Waals surface area contributed by atoms with Gasteiger partial charge in [-0.05, 0) is 89.9 Å². The van der Waals surface area contributed by atoms with Crippen LogP contribution in [0.5, 0.6) is 0 Å². The molecular weight excluding hydrogens is 585 g/mol. The summed E-state index contributed by atoms with van der Waals surface area (Å²) in [4.78, 5) is 25.4. The average molecular weight is 612 g/mol. The van der Waals surface area contributed by atoms with Gasteiger partial charge < -0.3 is 15.2 Å². The number of carbonyl (C=O) groups excluding carboxylic acids is 2. The second kappa shape index (κ2) is 11.5. The molecule has 0 fully saturated rings. The quantitative estimate of drug-likeness (QED) is 0.258. The molecule has 0 spiro atoms. The zero-order valence-corrected chi connectivity index (χ0v) is 23.4. The number of nitrogens with one attached hydrogen (secondary N) is 2. The zero-order valence-electron chi connectivity index (χ0n) is 19.6. The fourth-order valence-electron chi connectivity index (χ4n) is 3.49. The van der Waals surface area contributed by atoms with Crippen molar-refractivity contribution < 1.29 is 9.59 Å². The van der Waals surface area contributed by atoms with Crippen LogP contribution in [-0.2, 0) is 11.8 Å². The molecule has 0 saturated carbocycles. The Morgan fingerprint density at radius 3 is 2.32 bits per heavy atom. The molecular formula is C24H27ClIN5O2S. The minimum atomic E-state index is -0.346. The van der Waals surface area contributed by atoms with E-state index in [1.807, 2.05) is 51.4 Å². The highest BCUT2D eigenvalue weighted by Crippen LogP contribution is 2.26. The van der Waals surface area contributed by atoms with Crippen molar-refractivity contribution in [2.24, 2.45) is 13.0 Å². The fourth-order valence-corrected chi connectivity index (χ4v) is 5.27. The number of halogens is 2. The molecule has 1 atom stereocenters. The molecule has 0 unspecified atom stereocenters. The molecule has 2 amide bonds. The van der Waals surface area contributed by atoms with E-state index in [1.54, 1.807) is 24.3 Å². The van der Waals surface area contributed by atoms with Crippen LogP contribution in [0, 0.1) is 23.3 Å². The molecule has 0 aliphatic heterocycles. The predicted octanol–water partition coefficient (Wildman–Crippen LogP) is 5.55. The number of hydrogen-bond donors (Lipinski definition) is 2. The molecule has 0 saturated heterocycles. The number of anilines is 1. The molecule has 0 aliphatic rings. The van der Waals surface area contributed by atoms with Gasteiger partial charge in [0.05, 0.1) is 11.8 Å². The van der Waals surface area contributed by atoms with Gasteiger partial charge in [0.15, 0.2) is 11.0 Å². The van der Waals surface area contributed by atoms with Crippen LogP contribution in [-0.4, -0.2) is 32.3 Å². The maximum absolute atomic E-state index is 12.8. The number of benzene rings is 2. The highest BCUT2D eigenvalue weighted by Gasteiger charge is 2.25. The summed E-state index contributed by atoms with van der Waals surface area (Å²) >= 11 is 9.50. The Hall–Kier alpha value is -2.11.